The van der Waals surface area contributed by atoms with E-state index in [2.05, 4.69) is 26.3 Å². The minimum Gasteiger partial charge on any atom is -0.394 e. The summed E-state index contributed by atoms with van der Waals surface area (Å²) in [5, 5.41) is 34.5. The van der Waals surface area contributed by atoms with Gasteiger partial charge >= 0.3 is 0 Å². The Balaban J connectivity index is 1.42. The first-order valence-electron chi connectivity index (χ1n) is 10.7. The molecule has 1 aliphatic heterocycles. The fourth-order valence-electron chi connectivity index (χ4n) is 4.83. The molecule has 170 valence electrons. The Kier molecular flexibility index (Phi) is 5.56. The molecule has 1 unspecified atom stereocenters. The fourth-order valence-corrected chi connectivity index (χ4v) is 4.83. The lowest BCUT2D eigenvalue weighted by Crippen LogP contribution is -2.37. The topological polar surface area (TPSA) is 135 Å². The van der Waals surface area contributed by atoms with Crippen molar-refractivity contribution in [2.75, 3.05) is 25.6 Å². The predicted octanol–water partition coefficient (Wildman–Crippen LogP) is 0.728. The third kappa shape index (κ3) is 3.44. The van der Waals surface area contributed by atoms with Crippen molar-refractivity contribution in [3.63, 3.8) is 0 Å². The van der Waals surface area contributed by atoms with Gasteiger partial charge in [-0.05, 0) is 30.4 Å². The summed E-state index contributed by atoms with van der Waals surface area (Å²) in [6.07, 6.45) is 2.38. The van der Waals surface area contributed by atoms with E-state index in [1.54, 1.807) is 10.9 Å². The molecule has 0 radical (unpaired) electrons. The Bertz CT molecular complexity index is 1110. The second kappa shape index (κ2) is 8.38. The molecule has 5 atom stereocenters. The molecule has 3 heterocycles. The van der Waals surface area contributed by atoms with Gasteiger partial charge in [0.1, 0.15) is 30.2 Å². The van der Waals surface area contributed by atoms with Crippen molar-refractivity contribution in [1.82, 2.24) is 19.5 Å². The first-order chi connectivity index (χ1) is 15.6. The Hall–Kier alpha value is -2.63. The van der Waals surface area contributed by atoms with Gasteiger partial charge in [-0.3, -0.25) is 4.57 Å². The zero-order chi connectivity index (χ0) is 22.3. The van der Waals surface area contributed by atoms with Crippen LogP contribution in [-0.4, -0.2) is 73.4 Å². The molecule has 0 saturated carbocycles. The fraction of sp³-hybridized carbons (Fsp3) is 0.500. The lowest BCUT2D eigenvalue weighted by atomic mass is 9.79. The largest absolute Gasteiger partial charge is 0.394 e. The van der Waals surface area contributed by atoms with Crippen LogP contribution in [0.2, 0.25) is 0 Å². The molecule has 4 N–H and O–H groups in total. The smallest absolute Gasteiger partial charge is 0.167 e. The first kappa shape index (κ1) is 21.2. The van der Waals surface area contributed by atoms with Crippen molar-refractivity contribution in [3.05, 3.63) is 48.0 Å². The lowest BCUT2D eigenvalue weighted by molar-refractivity contribution is -0.0583. The van der Waals surface area contributed by atoms with Crippen molar-refractivity contribution < 1.29 is 24.8 Å². The monoisotopic (exact) mass is 441 g/mol. The highest BCUT2D eigenvalue weighted by atomic mass is 16.6. The average Bonchev–Trinajstić information content (AvgIpc) is 3.38. The van der Waals surface area contributed by atoms with Gasteiger partial charge in [0.25, 0.3) is 0 Å². The van der Waals surface area contributed by atoms with Crippen LogP contribution >= 0.6 is 0 Å². The number of anilines is 1. The van der Waals surface area contributed by atoms with Crippen molar-refractivity contribution >= 4 is 17.0 Å². The van der Waals surface area contributed by atoms with Crippen molar-refractivity contribution in [2.24, 2.45) is 0 Å². The lowest BCUT2D eigenvalue weighted by Gasteiger charge is -2.34. The van der Waals surface area contributed by atoms with E-state index in [1.807, 2.05) is 18.2 Å². The summed E-state index contributed by atoms with van der Waals surface area (Å²) >= 11 is 0. The van der Waals surface area contributed by atoms with Gasteiger partial charge in [0.05, 0.1) is 12.9 Å². The second-order valence-corrected chi connectivity index (χ2v) is 8.38. The Morgan fingerprint density at radius 3 is 2.94 bits per heavy atom. The Morgan fingerprint density at radius 2 is 2.12 bits per heavy atom. The zero-order valence-corrected chi connectivity index (χ0v) is 17.8. The van der Waals surface area contributed by atoms with Crippen LogP contribution in [-0.2, 0) is 21.5 Å². The molecule has 2 aliphatic rings. The molecule has 0 spiro atoms. The molecule has 1 fully saturated rings. The molecule has 10 nitrogen and oxygen atoms in total. The molecule has 3 aromatic rings. The molecule has 5 rings (SSSR count). The van der Waals surface area contributed by atoms with Crippen LogP contribution < -0.4 is 5.32 Å². The highest BCUT2D eigenvalue weighted by molar-refractivity contribution is 5.82. The number of benzene rings is 1. The molecule has 1 aliphatic carbocycles. The summed E-state index contributed by atoms with van der Waals surface area (Å²) in [4.78, 5) is 13.1. The quantitative estimate of drug-likeness (QED) is 0.436. The predicted molar refractivity (Wildman–Crippen MR) is 115 cm³/mol. The number of hydrogen-bond donors (Lipinski definition) is 4. The number of nitrogens with one attached hydrogen (secondary N) is 1. The van der Waals surface area contributed by atoms with Gasteiger partial charge in [0, 0.05) is 13.7 Å². The molecule has 0 bridgehead atoms. The number of aliphatic hydroxyl groups is 3. The van der Waals surface area contributed by atoms with Crippen LogP contribution in [0.1, 0.15) is 30.2 Å². The maximum Gasteiger partial charge on any atom is 0.167 e. The van der Waals surface area contributed by atoms with Crippen LogP contribution in [0.5, 0.6) is 0 Å². The van der Waals surface area contributed by atoms with E-state index >= 15 is 0 Å². The second-order valence-electron chi connectivity index (χ2n) is 8.38. The SMILES string of the molecule is CO[C@@H]1[C@H](O)[C@@H](CO)O[C@H]1n1cnc2c(NCC3(O)CCCc4ccccc43)ncnc21. The zero-order valence-electron chi connectivity index (χ0n) is 17.8. The van der Waals surface area contributed by atoms with Crippen molar-refractivity contribution in [2.45, 2.75) is 49.4 Å². The number of hydrogen-bond acceptors (Lipinski definition) is 9. The highest BCUT2D eigenvalue weighted by Crippen LogP contribution is 2.36. The molecule has 0 amide bonds. The van der Waals surface area contributed by atoms with E-state index in [-0.39, 0.29) is 13.2 Å². The number of aromatic nitrogens is 4. The Morgan fingerprint density at radius 1 is 1.28 bits per heavy atom. The molecule has 1 saturated heterocycles. The number of ether oxygens (including phenoxy) is 2. The number of aryl methyl sites for hydroxylation is 1. The van der Waals surface area contributed by atoms with Crippen LogP contribution in [0.15, 0.2) is 36.9 Å². The summed E-state index contributed by atoms with van der Waals surface area (Å²) in [5.41, 5.74) is 2.13. The minimum atomic E-state index is -0.997. The number of methoxy groups -OCH3 is 1. The first-order valence-corrected chi connectivity index (χ1v) is 10.7. The van der Waals surface area contributed by atoms with Crippen LogP contribution in [0.4, 0.5) is 5.82 Å². The normalized spacial score (nSPS) is 29.9. The van der Waals surface area contributed by atoms with Gasteiger partial charge in [-0.25, -0.2) is 15.0 Å². The summed E-state index contributed by atoms with van der Waals surface area (Å²) in [7, 11) is 1.48. The maximum atomic E-state index is 11.4. The standard InChI is InChI=1S/C22H27N5O5/c1-31-18-17(29)15(9-28)32-21(18)27-12-26-16-19(24-11-25-20(16)27)23-10-22(30)8-4-6-13-5-2-3-7-14(13)22/h2-3,5,7,11-12,15,17-18,21,28-30H,4,6,8-10H2,1H3,(H,23,24,25)/t15-,17-,18-,21-,22?/m1/s1. The van der Waals surface area contributed by atoms with Crippen LogP contribution in [0.3, 0.4) is 0 Å². The van der Waals surface area contributed by atoms with E-state index in [4.69, 9.17) is 9.47 Å². The number of aliphatic hydroxyl groups excluding tert-OH is 2. The summed E-state index contributed by atoms with van der Waals surface area (Å²) in [6.45, 7) is -0.0408. The summed E-state index contributed by atoms with van der Waals surface area (Å²) in [5.74, 6) is 0.497. The molecule has 10 heteroatoms. The number of imidazole rings is 1. The van der Waals surface area contributed by atoms with Gasteiger partial charge in [-0.2, -0.15) is 0 Å². The number of nitrogens with zero attached hydrogens (tertiary/aromatic N) is 4. The average molecular weight is 441 g/mol. The Labute approximate surface area is 184 Å². The van der Waals surface area contributed by atoms with Gasteiger partial charge < -0.3 is 30.1 Å². The molecular weight excluding hydrogens is 414 g/mol. The number of fused-ring (bicyclic) bond motifs is 2. The van der Waals surface area contributed by atoms with E-state index in [0.717, 1.165) is 18.4 Å². The van der Waals surface area contributed by atoms with E-state index in [9.17, 15) is 15.3 Å². The van der Waals surface area contributed by atoms with Crippen molar-refractivity contribution in [3.8, 4) is 0 Å². The molecule has 32 heavy (non-hydrogen) atoms. The van der Waals surface area contributed by atoms with E-state index < -0.39 is 30.1 Å². The third-order valence-corrected chi connectivity index (χ3v) is 6.50. The maximum absolute atomic E-state index is 11.4. The van der Waals surface area contributed by atoms with E-state index in [1.165, 1.54) is 19.0 Å². The van der Waals surface area contributed by atoms with Crippen molar-refractivity contribution in [1.29, 1.82) is 0 Å². The number of rotatable bonds is 6. The van der Waals surface area contributed by atoms with Gasteiger partial charge in [-0.1, -0.05) is 24.3 Å². The molecular formula is C22H27N5O5. The minimum absolute atomic E-state index is 0.287. The van der Waals surface area contributed by atoms with Crippen LogP contribution in [0.25, 0.3) is 11.2 Å². The van der Waals surface area contributed by atoms with Crippen LogP contribution in [0, 0.1) is 0 Å². The molecule has 2 aromatic heterocycles. The van der Waals surface area contributed by atoms with Gasteiger partial charge in [0.15, 0.2) is 23.2 Å². The van der Waals surface area contributed by atoms with Gasteiger partial charge in [-0.15, -0.1) is 0 Å². The van der Waals surface area contributed by atoms with E-state index in [0.29, 0.717) is 23.4 Å². The third-order valence-electron chi connectivity index (χ3n) is 6.50. The molecule has 1 aromatic carbocycles. The summed E-state index contributed by atoms with van der Waals surface area (Å²) in [6, 6.07) is 7.98. The summed E-state index contributed by atoms with van der Waals surface area (Å²) < 4.78 is 12.9. The van der Waals surface area contributed by atoms with Gasteiger partial charge in [0.2, 0.25) is 0 Å². The highest BCUT2D eigenvalue weighted by Gasteiger charge is 2.45.